The predicted molar refractivity (Wildman–Crippen MR) is 61.8 cm³/mol. The smallest absolute Gasteiger partial charge is 0.126 e. The first-order chi connectivity index (χ1) is 7.16. The fourth-order valence-corrected chi connectivity index (χ4v) is 2.30. The van der Waals surface area contributed by atoms with E-state index in [-0.39, 0.29) is 0 Å². The Morgan fingerprint density at radius 2 is 2.40 bits per heavy atom. The molecule has 1 unspecified atom stereocenters. The van der Waals surface area contributed by atoms with Gasteiger partial charge in [0.25, 0.3) is 0 Å². The quantitative estimate of drug-likeness (QED) is 0.806. The Morgan fingerprint density at radius 1 is 1.60 bits per heavy atom. The van der Waals surface area contributed by atoms with Gasteiger partial charge >= 0.3 is 0 Å². The van der Waals surface area contributed by atoms with E-state index in [9.17, 15) is 0 Å². The summed E-state index contributed by atoms with van der Waals surface area (Å²) in [4.78, 5) is 4.65. The summed E-state index contributed by atoms with van der Waals surface area (Å²) in [5.74, 6) is 1.95. The first kappa shape index (κ1) is 10.7. The maximum Gasteiger partial charge on any atom is 0.126 e. The number of aromatic nitrogens is 2. The maximum absolute atomic E-state index is 4.65. The van der Waals surface area contributed by atoms with Crippen molar-refractivity contribution in [2.45, 2.75) is 46.2 Å². The fraction of sp³-hybridized carbons (Fsp3) is 0.750. The van der Waals surface area contributed by atoms with Crippen molar-refractivity contribution in [3.8, 4) is 0 Å². The minimum atomic E-state index is 0.446. The molecular formula is C12H21N3. The lowest BCUT2D eigenvalue weighted by molar-refractivity contribution is 0.424. The molecular weight excluding hydrogens is 186 g/mol. The second-order valence-electron chi connectivity index (χ2n) is 4.92. The summed E-state index contributed by atoms with van der Waals surface area (Å²) in [5, 5.41) is 3.60. The molecule has 0 bridgehead atoms. The van der Waals surface area contributed by atoms with Crippen molar-refractivity contribution in [3.63, 3.8) is 0 Å². The molecule has 0 aromatic carbocycles. The van der Waals surface area contributed by atoms with Crippen LogP contribution in [0.25, 0.3) is 0 Å². The SMILES string of the molecule is Cc1cn2c(n1)C(CC(C)C)NCCC2. The topological polar surface area (TPSA) is 29.9 Å². The summed E-state index contributed by atoms with van der Waals surface area (Å²) in [6.45, 7) is 8.84. The van der Waals surface area contributed by atoms with Gasteiger partial charge in [-0.1, -0.05) is 13.8 Å². The van der Waals surface area contributed by atoms with Gasteiger partial charge in [-0.25, -0.2) is 4.98 Å². The molecule has 0 saturated heterocycles. The number of aryl methyl sites for hydroxylation is 2. The number of hydrogen-bond donors (Lipinski definition) is 1. The van der Waals surface area contributed by atoms with Gasteiger partial charge in [0.05, 0.1) is 11.7 Å². The van der Waals surface area contributed by atoms with E-state index >= 15 is 0 Å². The molecule has 0 spiro atoms. The van der Waals surface area contributed by atoms with Crippen LogP contribution in [0, 0.1) is 12.8 Å². The molecule has 1 atom stereocenters. The van der Waals surface area contributed by atoms with Gasteiger partial charge in [0.2, 0.25) is 0 Å². The van der Waals surface area contributed by atoms with Crippen molar-refractivity contribution < 1.29 is 0 Å². The zero-order chi connectivity index (χ0) is 10.8. The van der Waals surface area contributed by atoms with E-state index in [1.54, 1.807) is 0 Å². The van der Waals surface area contributed by atoms with Gasteiger partial charge in [0.1, 0.15) is 5.82 Å². The zero-order valence-electron chi connectivity index (χ0n) is 9.95. The Bertz CT molecular complexity index is 328. The molecule has 2 rings (SSSR count). The van der Waals surface area contributed by atoms with E-state index in [0.717, 1.165) is 18.8 Å². The lowest BCUT2D eigenvalue weighted by Gasteiger charge is -2.17. The van der Waals surface area contributed by atoms with Crippen LogP contribution in [-0.2, 0) is 6.54 Å². The van der Waals surface area contributed by atoms with Gasteiger partial charge in [0, 0.05) is 12.7 Å². The van der Waals surface area contributed by atoms with Crippen LogP contribution in [0.15, 0.2) is 6.20 Å². The molecule has 0 aliphatic carbocycles. The predicted octanol–water partition coefficient (Wildman–Crippen LogP) is 2.27. The molecule has 1 aliphatic heterocycles. The molecule has 15 heavy (non-hydrogen) atoms. The number of fused-ring (bicyclic) bond motifs is 1. The highest BCUT2D eigenvalue weighted by Crippen LogP contribution is 2.23. The van der Waals surface area contributed by atoms with Gasteiger partial charge < -0.3 is 9.88 Å². The summed E-state index contributed by atoms with van der Waals surface area (Å²) in [7, 11) is 0. The Balaban J connectivity index is 2.24. The van der Waals surface area contributed by atoms with Crippen molar-refractivity contribution >= 4 is 0 Å². The normalized spacial score (nSPS) is 21.5. The Hall–Kier alpha value is -0.830. The molecule has 3 nitrogen and oxygen atoms in total. The van der Waals surface area contributed by atoms with E-state index < -0.39 is 0 Å². The van der Waals surface area contributed by atoms with Crippen LogP contribution in [0.1, 0.15) is 44.2 Å². The summed E-state index contributed by atoms with van der Waals surface area (Å²) in [6, 6.07) is 0.446. The molecule has 3 heteroatoms. The van der Waals surface area contributed by atoms with Crippen molar-refractivity contribution in [3.05, 3.63) is 17.7 Å². The third kappa shape index (κ3) is 2.40. The zero-order valence-corrected chi connectivity index (χ0v) is 9.95. The van der Waals surface area contributed by atoms with Crippen LogP contribution in [0.3, 0.4) is 0 Å². The standard InChI is InChI=1S/C12H21N3/c1-9(2)7-11-12-14-10(3)8-15(12)6-4-5-13-11/h8-9,11,13H,4-7H2,1-3H3. The number of nitrogens with one attached hydrogen (secondary N) is 1. The average Bonchev–Trinajstić information content (AvgIpc) is 2.43. The van der Waals surface area contributed by atoms with E-state index in [1.165, 1.54) is 18.7 Å². The van der Waals surface area contributed by atoms with E-state index in [0.29, 0.717) is 12.0 Å². The van der Waals surface area contributed by atoms with Gasteiger partial charge in [0.15, 0.2) is 0 Å². The minimum absolute atomic E-state index is 0.446. The third-order valence-corrected chi connectivity index (χ3v) is 2.91. The van der Waals surface area contributed by atoms with Crippen LogP contribution in [0.2, 0.25) is 0 Å². The lowest BCUT2D eigenvalue weighted by atomic mass is 10.0. The van der Waals surface area contributed by atoms with Crippen LogP contribution in [-0.4, -0.2) is 16.1 Å². The van der Waals surface area contributed by atoms with Crippen LogP contribution >= 0.6 is 0 Å². The van der Waals surface area contributed by atoms with E-state index in [4.69, 9.17) is 0 Å². The monoisotopic (exact) mass is 207 g/mol. The number of rotatable bonds is 2. The summed E-state index contributed by atoms with van der Waals surface area (Å²) in [6.07, 6.45) is 4.56. The van der Waals surface area contributed by atoms with Crippen LogP contribution in [0.4, 0.5) is 0 Å². The van der Waals surface area contributed by atoms with Crippen LogP contribution < -0.4 is 5.32 Å². The molecule has 0 radical (unpaired) electrons. The molecule has 1 aromatic rings. The minimum Gasteiger partial charge on any atom is -0.333 e. The second kappa shape index (κ2) is 4.35. The van der Waals surface area contributed by atoms with E-state index in [1.807, 2.05) is 0 Å². The molecule has 2 heterocycles. The Kier molecular flexibility index (Phi) is 3.10. The highest BCUT2D eigenvalue weighted by Gasteiger charge is 2.20. The summed E-state index contributed by atoms with van der Waals surface area (Å²) >= 11 is 0. The second-order valence-corrected chi connectivity index (χ2v) is 4.92. The highest BCUT2D eigenvalue weighted by atomic mass is 15.1. The van der Waals surface area contributed by atoms with E-state index in [2.05, 4.69) is 41.8 Å². The third-order valence-electron chi connectivity index (χ3n) is 2.91. The molecule has 0 fully saturated rings. The van der Waals surface area contributed by atoms with Crippen molar-refractivity contribution in [1.82, 2.24) is 14.9 Å². The number of imidazole rings is 1. The maximum atomic E-state index is 4.65. The molecule has 1 N–H and O–H groups in total. The largest absolute Gasteiger partial charge is 0.333 e. The van der Waals surface area contributed by atoms with Gasteiger partial charge in [-0.3, -0.25) is 0 Å². The van der Waals surface area contributed by atoms with Crippen molar-refractivity contribution in [2.75, 3.05) is 6.54 Å². The first-order valence-electron chi connectivity index (χ1n) is 5.94. The summed E-state index contributed by atoms with van der Waals surface area (Å²) < 4.78 is 2.32. The van der Waals surface area contributed by atoms with Crippen molar-refractivity contribution in [2.24, 2.45) is 5.92 Å². The van der Waals surface area contributed by atoms with Gasteiger partial charge in [-0.15, -0.1) is 0 Å². The lowest BCUT2D eigenvalue weighted by Crippen LogP contribution is -2.23. The molecule has 0 saturated carbocycles. The Morgan fingerprint density at radius 3 is 3.13 bits per heavy atom. The molecule has 1 aliphatic rings. The van der Waals surface area contributed by atoms with Crippen molar-refractivity contribution in [1.29, 1.82) is 0 Å². The van der Waals surface area contributed by atoms with Gasteiger partial charge in [-0.05, 0) is 32.2 Å². The molecule has 1 aromatic heterocycles. The first-order valence-corrected chi connectivity index (χ1v) is 5.94. The highest BCUT2D eigenvalue weighted by molar-refractivity contribution is 5.07. The number of nitrogens with zero attached hydrogens (tertiary/aromatic N) is 2. The Labute approximate surface area is 91.9 Å². The summed E-state index contributed by atoms with van der Waals surface area (Å²) in [5.41, 5.74) is 1.14. The van der Waals surface area contributed by atoms with Gasteiger partial charge in [-0.2, -0.15) is 0 Å². The number of hydrogen-bond acceptors (Lipinski definition) is 2. The fourth-order valence-electron chi connectivity index (χ4n) is 2.30. The molecule has 0 amide bonds. The molecule has 84 valence electrons. The average molecular weight is 207 g/mol. The van der Waals surface area contributed by atoms with Crippen LogP contribution in [0.5, 0.6) is 0 Å².